The van der Waals surface area contributed by atoms with Crippen LogP contribution in [0.25, 0.3) is 0 Å². The minimum atomic E-state index is -3.49. The van der Waals surface area contributed by atoms with Crippen LogP contribution in [0.1, 0.15) is 36.0 Å². The maximum Gasteiger partial charge on any atom is 0.255 e. The van der Waals surface area contributed by atoms with Crippen LogP contribution in [0.3, 0.4) is 0 Å². The normalized spacial score (nSPS) is 16.0. The number of anilines is 1. The maximum absolute atomic E-state index is 12.8. The number of carbonyl (C=O) groups is 1. The second-order valence-corrected chi connectivity index (χ2v) is 8.68. The van der Waals surface area contributed by atoms with Gasteiger partial charge in [-0.25, -0.2) is 8.42 Å². The van der Waals surface area contributed by atoms with Crippen molar-refractivity contribution in [3.63, 3.8) is 0 Å². The molecule has 2 aromatic carbocycles. The molecular formula is C19H21ClN2O3S. The topological polar surface area (TPSA) is 66.5 Å². The Balaban J connectivity index is 1.72. The van der Waals surface area contributed by atoms with Crippen LogP contribution < -0.4 is 5.32 Å². The quantitative estimate of drug-likeness (QED) is 0.849. The van der Waals surface area contributed by atoms with Gasteiger partial charge in [0.15, 0.2) is 0 Å². The summed E-state index contributed by atoms with van der Waals surface area (Å²) in [7, 11) is -3.49. The minimum Gasteiger partial charge on any atom is -0.322 e. The summed E-state index contributed by atoms with van der Waals surface area (Å²) in [6.07, 6.45) is 3.93. The van der Waals surface area contributed by atoms with Gasteiger partial charge in [0, 0.05) is 29.4 Å². The van der Waals surface area contributed by atoms with E-state index >= 15 is 0 Å². The molecule has 0 spiro atoms. The summed E-state index contributed by atoms with van der Waals surface area (Å²) in [6, 6.07) is 12.9. The van der Waals surface area contributed by atoms with Crippen LogP contribution in [0.2, 0.25) is 5.02 Å². The fourth-order valence-electron chi connectivity index (χ4n) is 2.97. The summed E-state index contributed by atoms with van der Waals surface area (Å²) in [4.78, 5) is 12.5. The molecule has 1 N–H and O–H groups in total. The molecule has 0 aromatic heterocycles. The molecule has 0 radical (unpaired) electrons. The number of hydrogen-bond donors (Lipinski definition) is 1. The van der Waals surface area contributed by atoms with Crippen LogP contribution in [0.15, 0.2) is 53.4 Å². The maximum atomic E-state index is 12.8. The van der Waals surface area contributed by atoms with Crippen LogP contribution >= 0.6 is 11.6 Å². The number of amides is 1. The molecule has 7 heteroatoms. The van der Waals surface area contributed by atoms with Crippen LogP contribution in [-0.4, -0.2) is 31.7 Å². The molecule has 0 aliphatic carbocycles. The van der Waals surface area contributed by atoms with E-state index in [2.05, 4.69) is 5.32 Å². The minimum absolute atomic E-state index is 0.250. The van der Waals surface area contributed by atoms with Crippen molar-refractivity contribution in [2.75, 3.05) is 18.4 Å². The van der Waals surface area contributed by atoms with E-state index in [0.29, 0.717) is 29.4 Å². The summed E-state index contributed by atoms with van der Waals surface area (Å²) >= 11 is 5.90. The smallest absolute Gasteiger partial charge is 0.255 e. The van der Waals surface area contributed by atoms with Crippen LogP contribution in [0, 0.1) is 0 Å². The largest absolute Gasteiger partial charge is 0.322 e. The zero-order valence-corrected chi connectivity index (χ0v) is 15.9. The molecule has 1 aliphatic heterocycles. The fraction of sp³-hybridized carbons (Fsp3) is 0.316. The average Bonchev–Trinajstić information content (AvgIpc) is 2.92. The Kier molecular flexibility index (Phi) is 5.96. The number of nitrogens with zero attached hydrogens (tertiary/aromatic N) is 1. The lowest BCUT2D eigenvalue weighted by Crippen LogP contribution is -2.31. The van der Waals surface area contributed by atoms with Gasteiger partial charge >= 0.3 is 0 Å². The van der Waals surface area contributed by atoms with Crippen LogP contribution in [-0.2, 0) is 10.0 Å². The van der Waals surface area contributed by atoms with Gasteiger partial charge in [-0.3, -0.25) is 4.79 Å². The van der Waals surface area contributed by atoms with Gasteiger partial charge in [-0.05, 0) is 55.3 Å². The molecule has 0 bridgehead atoms. The predicted octanol–water partition coefficient (Wildman–Crippen LogP) is 4.16. The molecule has 1 aliphatic rings. The van der Waals surface area contributed by atoms with Crippen LogP contribution in [0.4, 0.5) is 5.69 Å². The van der Waals surface area contributed by atoms with Gasteiger partial charge in [0.05, 0.1) is 4.90 Å². The molecule has 1 saturated heterocycles. The van der Waals surface area contributed by atoms with E-state index in [-0.39, 0.29) is 10.8 Å². The van der Waals surface area contributed by atoms with E-state index in [0.717, 1.165) is 25.7 Å². The van der Waals surface area contributed by atoms with E-state index in [4.69, 9.17) is 11.6 Å². The highest BCUT2D eigenvalue weighted by molar-refractivity contribution is 7.89. The van der Waals surface area contributed by atoms with Gasteiger partial charge in [0.25, 0.3) is 5.91 Å². The van der Waals surface area contributed by atoms with Crippen molar-refractivity contribution in [3.8, 4) is 0 Å². The van der Waals surface area contributed by atoms with Crippen molar-refractivity contribution in [1.82, 2.24) is 4.31 Å². The van der Waals surface area contributed by atoms with Gasteiger partial charge < -0.3 is 5.32 Å². The Morgan fingerprint density at radius 1 is 0.962 bits per heavy atom. The number of nitrogens with one attached hydrogen (secondary N) is 1. The molecule has 5 nitrogen and oxygen atoms in total. The Morgan fingerprint density at radius 3 is 2.23 bits per heavy atom. The second-order valence-electron chi connectivity index (χ2n) is 6.31. The monoisotopic (exact) mass is 392 g/mol. The lowest BCUT2D eigenvalue weighted by atomic mass is 10.2. The molecule has 2 aromatic rings. The van der Waals surface area contributed by atoms with Gasteiger partial charge in [-0.2, -0.15) is 4.31 Å². The lowest BCUT2D eigenvalue weighted by molar-refractivity contribution is 0.102. The molecular weight excluding hydrogens is 372 g/mol. The Labute approximate surface area is 159 Å². The zero-order chi connectivity index (χ0) is 18.6. The number of hydrogen-bond acceptors (Lipinski definition) is 3. The molecule has 1 fully saturated rings. The predicted molar refractivity (Wildman–Crippen MR) is 103 cm³/mol. The number of carbonyl (C=O) groups excluding carboxylic acids is 1. The molecule has 3 rings (SSSR count). The van der Waals surface area contributed by atoms with E-state index < -0.39 is 10.0 Å². The van der Waals surface area contributed by atoms with Gasteiger partial charge in [0.1, 0.15) is 0 Å². The van der Waals surface area contributed by atoms with Crippen molar-refractivity contribution in [2.45, 2.75) is 30.6 Å². The third-order valence-corrected chi connectivity index (χ3v) is 6.55. The van der Waals surface area contributed by atoms with Crippen molar-refractivity contribution in [1.29, 1.82) is 0 Å². The molecule has 0 atom stereocenters. The number of halogens is 1. The highest BCUT2D eigenvalue weighted by atomic mass is 35.5. The fourth-order valence-corrected chi connectivity index (χ4v) is 4.68. The summed E-state index contributed by atoms with van der Waals surface area (Å²) in [5, 5.41) is 3.23. The van der Waals surface area contributed by atoms with Crippen molar-refractivity contribution in [2.24, 2.45) is 0 Å². The molecule has 0 saturated carbocycles. The third-order valence-electron chi connectivity index (χ3n) is 4.40. The Bertz CT molecular complexity index is 874. The van der Waals surface area contributed by atoms with Crippen molar-refractivity contribution >= 4 is 33.2 Å². The summed E-state index contributed by atoms with van der Waals surface area (Å²) < 4.78 is 27.1. The summed E-state index contributed by atoms with van der Waals surface area (Å²) in [6.45, 7) is 1.13. The third kappa shape index (κ3) is 4.44. The molecule has 26 heavy (non-hydrogen) atoms. The lowest BCUT2D eigenvalue weighted by Gasteiger charge is -2.20. The van der Waals surface area contributed by atoms with Gasteiger partial charge in [-0.1, -0.05) is 30.5 Å². The van der Waals surface area contributed by atoms with Gasteiger partial charge in [-0.15, -0.1) is 0 Å². The van der Waals surface area contributed by atoms with E-state index in [1.807, 2.05) is 0 Å². The Morgan fingerprint density at radius 2 is 1.62 bits per heavy atom. The zero-order valence-electron chi connectivity index (χ0n) is 14.3. The number of benzene rings is 2. The van der Waals surface area contributed by atoms with E-state index in [1.54, 1.807) is 40.7 Å². The molecule has 1 amide bonds. The highest BCUT2D eigenvalue weighted by Crippen LogP contribution is 2.22. The van der Waals surface area contributed by atoms with Crippen molar-refractivity contribution < 1.29 is 13.2 Å². The molecule has 138 valence electrons. The summed E-state index contributed by atoms with van der Waals surface area (Å²) in [5.74, 6) is -0.296. The first-order valence-electron chi connectivity index (χ1n) is 8.64. The standard InChI is InChI=1S/C19H21ClN2O3S/c20-16-7-5-6-15(14-16)19(23)21-17-8-10-18(11-9-17)26(24,25)22-12-3-1-2-4-13-22/h5-11,14H,1-4,12-13H2,(H,21,23). The second kappa shape index (κ2) is 8.20. The van der Waals surface area contributed by atoms with Gasteiger partial charge in [0.2, 0.25) is 10.0 Å². The SMILES string of the molecule is O=C(Nc1ccc(S(=O)(=O)N2CCCCCC2)cc1)c1cccc(Cl)c1. The first-order valence-corrected chi connectivity index (χ1v) is 10.5. The highest BCUT2D eigenvalue weighted by Gasteiger charge is 2.25. The van der Waals surface area contributed by atoms with E-state index in [1.165, 1.54) is 12.1 Å². The average molecular weight is 393 g/mol. The number of rotatable bonds is 4. The Hall–Kier alpha value is -1.89. The molecule has 1 heterocycles. The van der Waals surface area contributed by atoms with Crippen molar-refractivity contribution in [3.05, 3.63) is 59.1 Å². The number of sulfonamides is 1. The molecule has 0 unspecified atom stereocenters. The first kappa shape index (κ1) is 18.9. The van der Waals surface area contributed by atoms with Crippen LogP contribution in [0.5, 0.6) is 0 Å². The summed E-state index contributed by atoms with van der Waals surface area (Å²) in [5.41, 5.74) is 0.976. The first-order chi connectivity index (χ1) is 12.5. The van der Waals surface area contributed by atoms with E-state index in [9.17, 15) is 13.2 Å².